The molecule has 2 atom stereocenters. The Balaban J connectivity index is 3.91. The van der Waals surface area contributed by atoms with Crippen LogP contribution in [0.5, 0.6) is 0 Å². The van der Waals surface area contributed by atoms with Crippen LogP contribution >= 0.6 is 15.9 Å². The SMILES string of the molecule is CCCC(Br)C(CC)C(=O)O. The predicted octanol–water partition coefficient (Wildman–Crippen LogP) is 2.66. The number of carbonyl (C=O) groups is 1. The minimum atomic E-state index is -0.692. The van der Waals surface area contributed by atoms with Crippen molar-refractivity contribution >= 4 is 21.9 Å². The molecule has 0 aromatic heterocycles. The van der Waals surface area contributed by atoms with Gasteiger partial charge in [0.2, 0.25) is 0 Å². The third-order valence-electron chi connectivity index (χ3n) is 1.76. The van der Waals surface area contributed by atoms with Gasteiger partial charge in [-0.1, -0.05) is 36.2 Å². The molecule has 0 saturated carbocycles. The van der Waals surface area contributed by atoms with Crippen LogP contribution in [-0.2, 0) is 4.79 Å². The van der Waals surface area contributed by atoms with Crippen molar-refractivity contribution in [3.63, 3.8) is 0 Å². The van der Waals surface area contributed by atoms with Crippen molar-refractivity contribution < 1.29 is 9.90 Å². The summed E-state index contributed by atoms with van der Waals surface area (Å²) >= 11 is 3.38. The van der Waals surface area contributed by atoms with Crippen molar-refractivity contribution in [1.82, 2.24) is 0 Å². The molecule has 0 spiro atoms. The number of hydrogen-bond donors (Lipinski definition) is 1. The Kier molecular flexibility index (Phi) is 5.56. The third kappa shape index (κ3) is 3.75. The van der Waals surface area contributed by atoms with Gasteiger partial charge in [-0.05, 0) is 12.8 Å². The summed E-state index contributed by atoms with van der Waals surface area (Å²) in [5.41, 5.74) is 0. The molecule has 11 heavy (non-hydrogen) atoms. The molecule has 2 nitrogen and oxygen atoms in total. The van der Waals surface area contributed by atoms with Crippen molar-refractivity contribution in [3.05, 3.63) is 0 Å². The average molecular weight is 223 g/mol. The standard InChI is InChI=1S/C8H15BrO2/c1-3-5-7(9)6(4-2)8(10)11/h6-7H,3-5H2,1-2H3,(H,10,11). The summed E-state index contributed by atoms with van der Waals surface area (Å²) in [4.78, 5) is 10.8. The molecule has 1 N–H and O–H groups in total. The number of halogens is 1. The summed E-state index contributed by atoms with van der Waals surface area (Å²) in [6.45, 7) is 3.96. The number of alkyl halides is 1. The maximum absolute atomic E-state index is 10.6. The highest BCUT2D eigenvalue weighted by Gasteiger charge is 2.22. The van der Waals surface area contributed by atoms with Gasteiger partial charge in [0.05, 0.1) is 5.92 Å². The number of carboxylic acids is 1. The largest absolute Gasteiger partial charge is 0.481 e. The zero-order valence-corrected chi connectivity index (χ0v) is 8.60. The van der Waals surface area contributed by atoms with Gasteiger partial charge < -0.3 is 5.11 Å². The summed E-state index contributed by atoms with van der Waals surface area (Å²) in [6.07, 6.45) is 2.66. The van der Waals surface area contributed by atoms with Crippen LogP contribution in [0.1, 0.15) is 33.1 Å². The van der Waals surface area contributed by atoms with Gasteiger partial charge in [-0.3, -0.25) is 4.79 Å². The first-order valence-corrected chi connectivity index (χ1v) is 4.91. The van der Waals surface area contributed by atoms with Crippen LogP contribution < -0.4 is 0 Å². The van der Waals surface area contributed by atoms with Crippen LogP contribution in [0, 0.1) is 5.92 Å². The molecule has 0 aromatic carbocycles. The quantitative estimate of drug-likeness (QED) is 0.727. The highest BCUT2D eigenvalue weighted by molar-refractivity contribution is 9.09. The summed E-state index contributed by atoms with van der Waals surface area (Å²) in [6, 6.07) is 0. The van der Waals surface area contributed by atoms with Crippen molar-refractivity contribution in [3.8, 4) is 0 Å². The fourth-order valence-corrected chi connectivity index (χ4v) is 2.12. The van der Waals surface area contributed by atoms with Gasteiger partial charge >= 0.3 is 5.97 Å². The van der Waals surface area contributed by atoms with Gasteiger partial charge in [0.15, 0.2) is 0 Å². The van der Waals surface area contributed by atoms with E-state index in [0.29, 0.717) is 6.42 Å². The Hall–Kier alpha value is -0.0500. The Morgan fingerprint density at radius 3 is 2.36 bits per heavy atom. The van der Waals surface area contributed by atoms with E-state index >= 15 is 0 Å². The Morgan fingerprint density at radius 2 is 2.09 bits per heavy atom. The minimum absolute atomic E-state index is 0.134. The van der Waals surface area contributed by atoms with Crippen LogP contribution in [0.3, 0.4) is 0 Å². The topological polar surface area (TPSA) is 37.3 Å². The lowest BCUT2D eigenvalue weighted by Crippen LogP contribution is -2.22. The number of aliphatic carboxylic acids is 1. The highest BCUT2D eigenvalue weighted by Crippen LogP contribution is 2.21. The Bertz CT molecular complexity index is 125. The molecule has 0 aliphatic rings. The highest BCUT2D eigenvalue weighted by atomic mass is 79.9. The zero-order valence-electron chi connectivity index (χ0n) is 7.01. The third-order valence-corrected chi connectivity index (χ3v) is 2.85. The van der Waals surface area contributed by atoms with Crippen molar-refractivity contribution in [2.75, 3.05) is 0 Å². The second-order valence-electron chi connectivity index (χ2n) is 2.66. The van der Waals surface area contributed by atoms with E-state index in [1.165, 1.54) is 0 Å². The summed E-state index contributed by atoms with van der Waals surface area (Å²) in [5, 5.41) is 8.74. The van der Waals surface area contributed by atoms with Gasteiger partial charge in [-0.2, -0.15) is 0 Å². The smallest absolute Gasteiger partial charge is 0.307 e. The first-order chi connectivity index (χ1) is 5.13. The van der Waals surface area contributed by atoms with Gasteiger partial charge in [-0.15, -0.1) is 0 Å². The van der Waals surface area contributed by atoms with Gasteiger partial charge in [0, 0.05) is 4.83 Å². The summed E-state index contributed by atoms with van der Waals surface area (Å²) in [7, 11) is 0. The van der Waals surface area contributed by atoms with Gasteiger partial charge in [0.25, 0.3) is 0 Å². The molecule has 0 fully saturated rings. The van der Waals surface area contributed by atoms with Crippen molar-refractivity contribution in [2.45, 2.75) is 37.9 Å². The van der Waals surface area contributed by atoms with Crippen molar-refractivity contribution in [2.24, 2.45) is 5.92 Å². The molecular weight excluding hydrogens is 208 g/mol. The molecule has 0 bridgehead atoms. The van der Waals surface area contributed by atoms with E-state index in [0.717, 1.165) is 12.8 Å². The maximum atomic E-state index is 10.6. The summed E-state index contributed by atoms with van der Waals surface area (Å²) < 4.78 is 0. The predicted molar refractivity (Wildman–Crippen MR) is 49.0 cm³/mol. The molecule has 0 amide bonds. The number of carboxylic acid groups (broad SMARTS) is 1. The van der Waals surface area contributed by atoms with Crippen LogP contribution in [0.2, 0.25) is 0 Å². The maximum Gasteiger partial charge on any atom is 0.307 e. The van der Waals surface area contributed by atoms with E-state index in [1.807, 2.05) is 6.92 Å². The minimum Gasteiger partial charge on any atom is -0.481 e. The molecule has 0 heterocycles. The first-order valence-electron chi connectivity index (χ1n) is 4.00. The molecule has 0 rings (SSSR count). The van der Waals surface area contributed by atoms with E-state index in [-0.39, 0.29) is 10.7 Å². The Morgan fingerprint density at radius 1 is 1.55 bits per heavy atom. The molecule has 3 heteroatoms. The first kappa shape index (κ1) is 11.0. The summed E-state index contributed by atoms with van der Waals surface area (Å²) in [5.74, 6) is -0.919. The molecular formula is C8H15BrO2. The van der Waals surface area contributed by atoms with Crippen LogP contribution in [-0.4, -0.2) is 15.9 Å². The fourth-order valence-electron chi connectivity index (χ4n) is 1.06. The van der Waals surface area contributed by atoms with Crippen LogP contribution in [0.15, 0.2) is 0 Å². The molecule has 2 unspecified atom stereocenters. The lowest BCUT2D eigenvalue weighted by atomic mass is 10.00. The van der Waals surface area contributed by atoms with E-state index < -0.39 is 5.97 Å². The lowest BCUT2D eigenvalue weighted by Gasteiger charge is -2.15. The molecule has 0 aliphatic carbocycles. The van der Waals surface area contributed by atoms with Crippen LogP contribution in [0.4, 0.5) is 0 Å². The van der Waals surface area contributed by atoms with E-state index in [2.05, 4.69) is 22.9 Å². The zero-order chi connectivity index (χ0) is 8.85. The molecule has 0 radical (unpaired) electrons. The average Bonchev–Trinajstić information content (AvgIpc) is 1.88. The lowest BCUT2D eigenvalue weighted by molar-refractivity contribution is -0.141. The van der Waals surface area contributed by atoms with E-state index in [4.69, 9.17) is 5.11 Å². The normalized spacial score (nSPS) is 15.9. The second kappa shape index (κ2) is 5.58. The fraction of sp³-hybridized carbons (Fsp3) is 0.875. The monoisotopic (exact) mass is 222 g/mol. The van der Waals surface area contributed by atoms with E-state index in [9.17, 15) is 4.79 Å². The van der Waals surface area contributed by atoms with E-state index in [1.54, 1.807) is 0 Å². The molecule has 0 aromatic rings. The molecule has 0 aliphatic heterocycles. The van der Waals surface area contributed by atoms with Gasteiger partial charge in [-0.25, -0.2) is 0 Å². The number of rotatable bonds is 5. The van der Waals surface area contributed by atoms with Gasteiger partial charge in [0.1, 0.15) is 0 Å². The van der Waals surface area contributed by atoms with Crippen LogP contribution in [0.25, 0.3) is 0 Å². The second-order valence-corrected chi connectivity index (χ2v) is 3.83. The molecule has 66 valence electrons. The molecule has 0 saturated heterocycles. The van der Waals surface area contributed by atoms with Crippen molar-refractivity contribution in [1.29, 1.82) is 0 Å². The Labute approximate surface area is 76.1 Å². The number of hydrogen-bond acceptors (Lipinski definition) is 1.